The Labute approximate surface area is 633 Å². The molecule has 0 unspecified atom stereocenters. The van der Waals surface area contributed by atoms with Crippen molar-refractivity contribution in [2.75, 3.05) is 19.6 Å². The van der Waals surface area contributed by atoms with Crippen molar-refractivity contribution in [1.82, 2.24) is 9.13 Å². The first-order chi connectivity index (χ1) is 53.6. The summed E-state index contributed by atoms with van der Waals surface area (Å²) in [7, 11) is 0. The minimum atomic E-state index is 0.783. The van der Waals surface area contributed by atoms with E-state index in [0.717, 1.165) is 81.5 Å². The third kappa shape index (κ3) is 13.0. The third-order valence-corrected chi connectivity index (χ3v) is 20.2. The first kappa shape index (κ1) is 69.1. The number of hydrogen-bond donors (Lipinski definition) is 0. The van der Waals surface area contributed by atoms with Crippen LogP contribution in [0, 0.1) is 0 Å². The highest BCUT2D eigenvalue weighted by atomic mass is 16.3. The van der Waals surface area contributed by atoms with Gasteiger partial charge in [0.25, 0.3) is 0 Å². The molecule has 0 spiro atoms. The van der Waals surface area contributed by atoms with E-state index in [-0.39, 0.29) is 0 Å². The zero-order chi connectivity index (χ0) is 73.5. The summed E-state index contributed by atoms with van der Waals surface area (Å²) >= 11 is 0. The fourth-order valence-corrected chi connectivity index (χ4v) is 15.7. The number of rotatable bonds is 6. The molecule has 528 valence electrons. The molecule has 6 heterocycles. The lowest BCUT2D eigenvalue weighted by Crippen LogP contribution is -2.22. The van der Waals surface area contributed by atoms with Crippen LogP contribution >= 0.6 is 0 Å². The molecule has 0 saturated carbocycles. The maximum absolute atomic E-state index is 6.44. The highest BCUT2D eigenvalue weighted by Crippen LogP contribution is 2.53. The van der Waals surface area contributed by atoms with Gasteiger partial charge in [0.05, 0.1) is 44.8 Å². The Hall–Kier alpha value is -13.3. The van der Waals surface area contributed by atoms with E-state index in [2.05, 4.69) is 344 Å². The molecule has 0 atom stereocenters. The summed E-state index contributed by atoms with van der Waals surface area (Å²) in [6.45, 7) is 12.0. The van der Waals surface area contributed by atoms with Crippen LogP contribution < -0.4 is 19.6 Å². The Morgan fingerprint density at radius 2 is 0.389 bits per heavy atom. The number of fused-ring (bicyclic) bond motifs is 12. The molecule has 4 aliphatic heterocycles. The molecule has 0 bridgehead atoms. The minimum Gasteiger partial charge on any atom is -0.453 e. The fourth-order valence-electron chi connectivity index (χ4n) is 15.7. The molecule has 0 amide bonds. The third-order valence-electron chi connectivity index (χ3n) is 20.2. The van der Waals surface area contributed by atoms with Crippen molar-refractivity contribution in [2.24, 2.45) is 0 Å². The summed E-state index contributed by atoms with van der Waals surface area (Å²) in [6.07, 6.45) is 3.75. The number of nitrogens with zero attached hydrogens (tertiary/aromatic N) is 6. The van der Waals surface area contributed by atoms with Crippen molar-refractivity contribution in [2.45, 2.75) is 67.2 Å². The lowest BCUT2D eigenvalue weighted by atomic mass is 9.88. The molecule has 0 aliphatic carbocycles. The topological polar surface area (TPSA) is 49.1 Å². The Kier molecular flexibility index (Phi) is 19.9. The Balaban J connectivity index is 0.000000119. The van der Waals surface area contributed by atoms with Gasteiger partial charge >= 0.3 is 0 Å². The molecule has 4 aliphatic rings. The molecule has 0 N–H and O–H groups in total. The van der Waals surface area contributed by atoms with Crippen molar-refractivity contribution in [3.05, 3.63) is 408 Å². The molecule has 17 aromatic rings. The van der Waals surface area contributed by atoms with Crippen LogP contribution in [0.4, 0.5) is 68.2 Å². The maximum atomic E-state index is 6.44. The van der Waals surface area contributed by atoms with Crippen molar-refractivity contribution < 1.29 is 8.83 Å². The van der Waals surface area contributed by atoms with Crippen molar-refractivity contribution in [3.8, 4) is 11.4 Å². The van der Waals surface area contributed by atoms with Crippen LogP contribution in [0.3, 0.4) is 0 Å². The average Bonchev–Trinajstić information content (AvgIpc) is 0.742. The van der Waals surface area contributed by atoms with Crippen LogP contribution in [0.25, 0.3) is 55.8 Å². The van der Waals surface area contributed by atoms with Crippen LogP contribution in [-0.2, 0) is 25.7 Å². The molecule has 108 heavy (non-hydrogen) atoms. The van der Waals surface area contributed by atoms with Gasteiger partial charge in [-0.2, -0.15) is 0 Å². The summed E-state index contributed by atoms with van der Waals surface area (Å²) in [4.78, 5) is 9.73. The first-order valence-electron chi connectivity index (χ1n) is 38.1. The van der Waals surface area contributed by atoms with Crippen molar-refractivity contribution >= 4 is 113 Å². The van der Waals surface area contributed by atoms with Gasteiger partial charge < -0.3 is 37.6 Å². The lowest BCUT2D eigenvalue weighted by molar-refractivity contribution is 0.643. The Bertz CT molecular complexity index is 5430. The monoisotopic (exact) mass is 1400 g/mol. The van der Waals surface area contributed by atoms with Crippen LogP contribution in [0.2, 0.25) is 0 Å². The molecule has 0 fully saturated rings. The Morgan fingerprint density at radius 1 is 0.176 bits per heavy atom. The normalized spacial score (nSPS) is 12.3. The van der Waals surface area contributed by atoms with Gasteiger partial charge in [-0.3, -0.25) is 0 Å². The second kappa shape index (κ2) is 31.2. The van der Waals surface area contributed by atoms with E-state index in [9.17, 15) is 0 Å². The zero-order valence-corrected chi connectivity index (χ0v) is 62.0. The molecular formula is C100H86N6O2. The van der Waals surface area contributed by atoms with E-state index in [1.54, 1.807) is 0 Å². The molecule has 0 saturated heterocycles. The number of aromatic nitrogens is 2. The van der Waals surface area contributed by atoms with E-state index >= 15 is 0 Å². The molecule has 2 aromatic heterocycles. The summed E-state index contributed by atoms with van der Waals surface area (Å²) < 4.78 is 17.3. The molecule has 0 radical (unpaired) electrons. The van der Waals surface area contributed by atoms with Crippen LogP contribution in [-0.4, -0.2) is 9.13 Å². The number of para-hydroxylation sites is 14. The van der Waals surface area contributed by atoms with Crippen molar-refractivity contribution in [1.29, 1.82) is 0 Å². The van der Waals surface area contributed by atoms with Gasteiger partial charge in [-0.1, -0.05) is 248 Å². The molecular weight excluding hydrogens is 1320 g/mol. The van der Waals surface area contributed by atoms with Gasteiger partial charge in [-0.15, -0.1) is 0 Å². The highest BCUT2D eigenvalue weighted by Gasteiger charge is 2.33. The number of hydrogen-bond acceptors (Lipinski definition) is 6. The van der Waals surface area contributed by atoms with E-state index in [0.29, 0.717) is 0 Å². The van der Waals surface area contributed by atoms with E-state index in [1.807, 2.05) is 90.1 Å². The van der Waals surface area contributed by atoms with Gasteiger partial charge in [-0.25, -0.2) is 0 Å². The number of benzene rings is 15. The predicted octanol–water partition coefficient (Wildman–Crippen LogP) is 28.1. The first-order valence-corrected chi connectivity index (χ1v) is 38.1. The van der Waals surface area contributed by atoms with Gasteiger partial charge in [-0.05, 0) is 190 Å². The molecule has 8 heteroatoms. The van der Waals surface area contributed by atoms with Crippen LogP contribution in [0.1, 0.15) is 86.1 Å². The average molecular weight is 1400 g/mol. The van der Waals surface area contributed by atoms with E-state index in [1.165, 1.54) is 113 Å². The molecule has 8 nitrogen and oxygen atoms in total. The van der Waals surface area contributed by atoms with Gasteiger partial charge in [0.15, 0.2) is 22.3 Å². The van der Waals surface area contributed by atoms with Crippen LogP contribution in [0.15, 0.2) is 373 Å². The van der Waals surface area contributed by atoms with Crippen LogP contribution in [0.5, 0.6) is 0 Å². The summed E-state index contributed by atoms with van der Waals surface area (Å²) in [5.41, 5.74) is 35.2. The minimum absolute atomic E-state index is 0.783. The van der Waals surface area contributed by atoms with Gasteiger partial charge in [0.1, 0.15) is 0 Å². The standard InChI is InChI=1S/2C32H24N2.C30H20N2O2.3C2H6/c2*1-3-13-27(14-4-1)33-29-17-9-7-11-23(29)19-25-22-32-26(21-31(25)33)20-24-12-8-10-18-30(24)34(32)28-15-5-2-6-16-28;1-3-11-21(12-4-1)31-23-15-7-9-17-27(23)33-29-20-26-30(19-25(29)31)34-28-18-10-8-16-24(28)32(26)22-13-5-2-6-14-22;3*1-2/h2*1-18,21-22H,19-20H2;1-20H;3*1-2H3. The van der Waals surface area contributed by atoms with Crippen molar-refractivity contribution in [3.63, 3.8) is 0 Å². The maximum Gasteiger partial charge on any atom is 0.153 e. The summed E-state index contributed by atoms with van der Waals surface area (Å²) in [5, 5.41) is 0. The largest absolute Gasteiger partial charge is 0.453 e. The second-order valence-electron chi connectivity index (χ2n) is 26.4. The second-order valence-corrected chi connectivity index (χ2v) is 26.4. The quantitative estimate of drug-likeness (QED) is 0.155. The zero-order valence-electron chi connectivity index (χ0n) is 62.0. The SMILES string of the molecule is CC.CC.CC.c1ccc(-n2c3ccccc3oc3cc4c(cc32)oc2ccccc2n4-c2ccccc2)cc1.c1ccc(N2c3ccccc3Cc3cc4c(cc32)Cc2ccccc2N4c2ccccc2)cc1.c1ccc(N2c3ccccc3Cc3cc4c(cc32)Cc2ccccc2N4c2ccccc2)cc1. The molecule has 21 rings (SSSR count). The fraction of sp³-hybridized carbons (Fsp3) is 0.100. The smallest absolute Gasteiger partial charge is 0.153 e. The Morgan fingerprint density at radius 3 is 0.648 bits per heavy atom. The van der Waals surface area contributed by atoms with Gasteiger partial charge in [0.2, 0.25) is 0 Å². The summed E-state index contributed by atoms with van der Waals surface area (Å²) in [6, 6.07) is 129. The highest BCUT2D eigenvalue weighted by molar-refractivity contribution is 5.98. The van der Waals surface area contributed by atoms with E-state index in [4.69, 9.17) is 8.83 Å². The summed E-state index contributed by atoms with van der Waals surface area (Å²) in [5.74, 6) is 0. The number of anilines is 12. The molecule has 15 aromatic carbocycles. The predicted molar refractivity (Wildman–Crippen MR) is 454 cm³/mol. The van der Waals surface area contributed by atoms with E-state index < -0.39 is 0 Å². The lowest BCUT2D eigenvalue weighted by Gasteiger charge is -2.38. The van der Waals surface area contributed by atoms with Gasteiger partial charge in [0, 0.05) is 94.7 Å².